The highest BCUT2D eigenvalue weighted by Crippen LogP contribution is 2.10. The van der Waals surface area contributed by atoms with E-state index in [0.717, 1.165) is 5.56 Å². The van der Waals surface area contributed by atoms with Gasteiger partial charge < -0.3 is 0 Å². The molecule has 1 aromatic rings. The van der Waals surface area contributed by atoms with E-state index in [1.807, 2.05) is 0 Å². The van der Waals surface area contributed by atoms with Gasteiger partial charge in [-0.05, 0) is 12.5 Å². The van der Waals surface area contributed by atoms with Gasteiger partial charge in [-0.25, -0.2) is 0 Å². The zero-order chi connectivity index (χ0) is 11.5. The minimum absolute atomic E-state index is 0.191. The maximum atomic E-state index is 11.5. The van der Waals surface area contributed by atoms with Crippen LogP contribution in [0.3, 0.4) is 0 Å². The number of carbonyl (C=O) groups excluding carboxylic acids is 1. The topological polar surface area (TPSA) is 71.4 Å². The van der Waals surface area contributed by atoms with Crippen molar-refractivity contribution in [1.29, 1.82) is 0 Å². The van der Waals surface area contributed by atoms with Crippen molar-refractivity contribution in [2.45, 2.75) is 13.3 Å². The van der Waals surface area contributed by atoms with Crippen LogP contribution in [0, 0.1) is 6.92 Å². The first-order chi connectivity index (χ1) is 6.90. The number of rotatable bonds is 4. The molecule has 0 heterocycles. The summed E-state index contributed by atoms with van der Waals surface area (Å²) in [6, 6.07) is 6.94. The van der Waals surface area contributed by atoms with Gasteiger partial charge in [0.15, 0.2) is 5.78 Å². The van der Waals surface area contributed by atoms with Gasteiger partial charge in [-0.3, -0.25) is 9.35 Å². The molecular formula is C10H12O4S. The molecule has 0 aliphatic heterocycles. The second-order valence-electron chi connectivity index (χ2n) is 3.27. The van der Waals surface area contributed by atoms with E-state index in [4.69, 9.17) is 4.55 Å². The summed E-state index contributed by atoms with van der Waals surface area (Å²) >= 11 is 0. The molecule has 15 heavy (non-hydrogen) atoms. The first-order valence-corrected chi connectivity index (χ1v) is 6.05. The Bertz CT molecular complexity index is 462. The van der Waals surface area contributed by atoms with E-state index in [9.17, 15) is 13.2 Å². The van der Waals surface area contributed by atoms with Gasteiger partial charge in [0.25, 0.3) is 10.1 Å². The zero-order valence-corrected chi connectivity index (χ0v) is 9.12. The Balaban J connectivity index is 2.75. The molecule has 0 bridgehead atoms. The predicted octanol–water partition coefficient (Wildman–Crippen LogP) is 1.46. The van der Waals surface area contributed by atoms with Gasteiger partial charge in [0, 0.05) is 12.0 Å². The van der Waals surface area contributed by atoms with E-state index in [1.54, 1.807) is 31.2 Å². The number of benzene rings is 1. The lowest BCUT2D eigenvalue weighted by Gasteiger charge is -2.03. The fraction of sp³-hybridized carbons (Fsp3) is 0.300. The molecule has 1 rings (SSSR count). The highest BCUT2D eigenvalue weighted by molar-refractivity contribution is 7.85. The highest BCUT2D eigenvalue weighted by atomic mass is 32.2. The quantitative estimate of drug-likeness (QED) is 0.625. The maximum Gasteiger partial charge on any atom is 0.265 e. The van der Waals surface area contributed by atoms with Gasteiger partial charge in [-0.1, -0.05) is 24.3 Å². The SMILES string of the molecule is Cc1ccccc1C(=O)CCS(=O)(=O)O. The largest absolute Gasteiger partial charge is 0.294 e. The average molecular weight is 228 g/mol. The van der Waals surface area contributed by atoms with Crippen LogP contribution in [0.25, 0.3) is 0 Å². The molecule has 0 amide bonds. The van der Waals surface area contributed by atoms with Gasteiger partial charge in [0.05, 0.1) is 5.75 Å². The third-order valence-electron chi connectivity index (χ3n) is 2.03. The Hall–Kier alpha value is -1.20. The fourth-order valence-corrected chi connectivity index (χ4v) is 1.69. The molecule has 5 heteroatoms. The Morgan fingerprint density at radius 3 is 2.47 bits per heavy atom. The van der Waals surface area contributed by atoms with Crippen molar-refractivity contribution >= 4 is 15.9 Å². The van der Waals surface area contributed by atoms with E-state index in [2.05, 4.69) is 0 Å². The van der Waals surface area contributed by atoms with Crippen LogP contribution in [-0.4, -0.2) is 24.5 Å². The van der Waals surface area contributed by atoms with Crippen LogP contribution < -0.4 is 0 Å². The van der Waals surface area contributed by atoms with Gasteiger partial charge in [0.2, 0.25) is 0 Å². The van der Waals surface area contributed by atoms with Crippen molar-refractivity contribution in [1.82, 2.24) is 0 Å². The fourth-order valence-electron chi connectivity index (χ4n) is 1.24. The Morgan fingerprint density at radius 1 is 1.33 bits per heavy atom. The molecule has 0 aromatic heterocycles. The van der Waals surface area contributed by atoms with E-state index < -0.39 is 15.9 Å². The van der Waals surface area contributed by atoms with Crippen molar-refractivity contribution in [2.75, 3.05) is 5.75 Å². The lowest BCUT2D eigenvalue weighted by Crippen LogP contribution is -2.10. The lowest BCUT2D eigenvalue weighted by atomic mass is 10.0. The standard InChI is InChI=1S/C10H12O4S/c1-8-4-2-3-5-9(8)10(11)6-7-15(12,13)14/h2-5H,6-7H2,1H3,(H,12,13,14). The molecule has 0 aliphatic rings. The van der Waals surface area contributed by atoms with Crippen LogP contribution in [0.5, 0.6) is 0 Å². The summed E-state index contributed by atoms with van der Waals surface area (Å²) in [5, 5.41) is 0. The van der Waals surface area contributed by atoms with Crippen molar-refractivity contribution in [3.05, 3.63) is 35.4 Å². The van der Waals surface area contributed by atoms with Gasteiger partial charge >= 0.3 is 0 Å². The summed E-state index contributed by atoms with van der Waals surface area (Å²) < 4.78 is 29.4. The second-order valence-corrected chi connectivity index (χ2v) is 4.85. The number of carbonyl (C=O) groups is 1. The van der Waals surface area contributed by atoms with E-state index >= 15 is 0 Å². The average Bonchev–Trinajstić information content (AvgIpc) is 2.14. The summed E-state index contributed by atoms with van der Waals surface area (Å²) in [7, 11) is -4.06. The van der Waals surface area contributed by atoms with Gasteiger partial charge in [-0.15, -0.1) is 0 Å². The Morgan fingerprint density at radius 2 is 1.93 bits per heavy atom. The summed E-state index contributed by atoms with van der Waals surface area (Å²) in [4.78, 5) is 11.5. The molecule has 82 valence electrons. The monoisotopic (exact) mass is 228 g/mol. The van der Waals surface area contributed by atoms with Crippen LogP contribution in [0.1, 0.15) is 22.3 Å². The molecule has 0 unspecified atom stereocenters. The van der Waals surface area contributed by atoms with Crippen LogP contribution in [-0.2, 0) is 10.1 Å². The number of hydrogen-bond donors (Lipinski definition) is 1. The van der Waals surface area contributed by atoms with E-state index in [0.29, 0.717) is 5.56 Å². The zero-order valence-electron chi connectivity index (χ0n) is 8.30. The number of ketones is 1. The molecular weight excluding hydrogens is 216 g/mol. The normalized spacial score (nSPS) is 11.3. The summed E-state index contributed by atoms with van der Waals surface area (Å²) in [6.07, 6.45) is -0.191. The van der Waals surface area contributed by atoms with Crippen molar-refractivity contribution < 1.29 is 17.8 Å². The minimum atomic E-state index is -4.06. The van der Waals surface area contributed by atoms with Crippen LogP contribution in [0.4, 0.5) is 0 Å². The highest BCUT2D eigenvalue weighted by Gasteiger charge is 2.12. The van der Waals surface area contributed by atoms with Crippen molar-refractivity contribution in [3.63, 3.8) is 0 Å². The third kappa shape index (κ3) is 3.81. The Labute approximate surface area is 88.7 Å². The van der Waals surface area contributed by atoms with E-state index in [1.165, 1.54) is 0 Å². The second kappa shape index (κ2) is 4.55. The molecule has 0 atom stereocenters. The molecule has 0 saturated carbocycles. The summed E-state index contributed by atoms with van der Waals surface area (Å²) in [5.74, 6) is -0.800. The van der Waals surface area contributed by atoms with Crippen LogP contribution >= 0.6 is 0 Å². The number of Topliss-reactive ketones (excluding diaryl/α,β-unsaturated/α-hetero) is 1. The molecule has 0 radical (unpaired) electrons. The van der Waals surface area contributed by atoms with Gasteiger partial charge in [-0.2, -0.15) is 8.42 Å². The smallest absolute Gasteiger partial charge is 0.265 e. The van der Waals surface area contributed by atoms with E-state index in [-0.39, 0.29) is 12.2 Å². The molecule has 0 saturated heterocycles. The number of hydrogen-bond acceptors (Lipinski definition) is 3. The van der Waals surface area contributed by atoms with Crippen LogP contribution in [0.15, 0.2) is 24.3 Å². The Kier molecular flexibility index (Phi) is 3.60. The molecule has 0 fully saturated rings. The first-order valence-electron chi connectivity index (χ1n) is 4.44. The molecule has 0 aliphatic carbocycles. The number of aryl methyl sites for hydroxylation is 1. The van der Waals surface area contributed by atoms with Crippen LogP contribution in [0.2, 0.25) is 0 Å². The molecule has 4 nitrogen and oxygen atoms in total. The summed E-state index contributed by atoms with van der Waals surface area (Å²) in [5.41, 5.74) is 1.30. The van der Waals surface area contributed by atoms with Crippen molar-refractivity contribution in [2.24, 2.45) is 0 Å². The minimum Gasteiger partial charge on any atom is -0.294 e. The first kappa shape index (κ1) is 11.9. The predicted molar refractivity (Wildman–Crippen MR) is 56.5 cm³/mol. The van der Waals surface area contributed by atoms with Crippen molar-refractivity contribution in [3.8, 4) is 0 Å². The lowest BCUT2D eigenvalue weighted by molar-refractivity contribution is 0.0987. The maximum absolute atomic E-state index is 11.5. The molecule has 1 aromatic carbocycles. The summed E-state index contributed by atoms with van der Waals surface area (Å²) in [6.45, 7) is 1.78. The third-order valence-corrected chi connectivity index (χ3v) is 2.75. The van der Waals surface area contributed by atoms with Gasteiger partial charge in [0.1, 0.15) is 0 Å². The molecule has 1 N–H and O–H groups in total. The molecule has 0 spiro atoms.